The summed E-state index contributed by atoms with van der Waals surface area (Å²) in [5.41, 5.74) is 3.18. The predicted molar refractivity (Wildman–Crippen MR) is 110 cm³/mol. The molecule has 0 saturated heterocycles. The van der Waals surface area contributed by atoms with E-state index in [1.807, 2.05) is 24.4 Å². The van der Waals surface area contributed by atoms with E-state index in [1.54, 1.807) is 30.7 Å². The third-order valence-corrected chi connectivity index (χ3v) is 4.59. The zero-order valence-electron chi connectivity index (χ0n) is 15.4. The molecule has 8 nitrogen and oxygen atoms in total. The highest BCUT2D eigenvalue weighted by molar-refractivity contribution is 7.14. The number of thiazole rings is 1. The van der Waals surface area contributed by atoms with Crippen LogP contribution in [0.1, 0.15) is 29.4 Å². The van der Waals surface area contributed by atoms with Gasteiger partial charge in [0.25, 0.3) is 5.91 Å². The third kappa shape index (κ3) is 4.17. The van der Waals surface area contributed by atoms with E-state index in [0.29, 0.717) is 22.2 Å². The van der Waals surface area contributed by atoms with E-state index in [4.69, 9.17) is 0 Å². The number of rotatable bonds is 4. The topological polar surface area (TPSA) is 98.5 Å². The Balaban J connectivity index is 1.50. The molecule has 0 fully saturated rings. The van der Waals surface area contributed by atoms with E-state index in [2.05, 4.69) is 42.4 Å². The zero-order chi connectivity index (χ0) is 20.1. The van der Waals surface area contributed by atoms with Gasteiger partial charge in [-0.2, -0.15) is 0 Å². The number of amides is 1. The van der Waals surface area contributed by atoms with Crippen LogP contribution in [0.2, 0.25) is 0 Å². The summed E-state index contributed by atoms with van der Waals surface area (Å²) in [6, 6.07) is 7.32. The highest BCUT2D eigenvalue weighted by Gasteiger charge is 2.17. The second-order valence-electron chi connectivity index (χ2n) is 5.82. The summed E-state index contributed by atoms with van der Waals surface area (Å²) in [6.07, 6.45) is 7.16. The largest absolute Gasteiger partial charge is 0.296 e. The number of nitrogens with zero attached hydrogens (tertiary/aromatic N) is 6. The van der Waals surface area contributed by atoms with E-state index in [9.17, 15) is 4.79 Å². The highest BCUT2D eigenvalue weighted by Crippen LogP contribution is 2.24. The van der Waals surface area contributed by atoms with Crippen molar-refractivity contribution in [3.8, 4) is 28.9 Å². The van der Waals surface area contributed by atoms with Crippen molar-refractivity contribution >= 4 is 22.4 Å². The van der Waals surface area contributed by atoms with E-state index in [1.165, 1.54) is 22.2 Å². The van der Waals surface area contributed by atoms with Crippen LogP contribution >= 0.6 is 11.3 Å². The maximum absolute atomic E-state index is 12.7. The Morgan fingerprint density at radius 1 is 1.21 bits per heavy atom. The number of anilines is 1. The van der Waals surface area contributed by atoms with Crippen molar-refractivity contribution in [2.24, 2.45) is 0 Å². The van der Waals surface area contributed by atoms with Crippen molar-refractivity contribution in [3.05, 3.63) is 65.7 Å². The van der Waals surface area contributed by atoms with Gasteiger partial charge in [-0.15, -0.1) is 16.4 Å². The number of nitrogens with one attached hydrogen (secondary N) is 1. The van der Waals surface area contributed by atoms with Gasteiger partial charge in [0.05, 0.1) is 23.8 Å². The van der Waals surface area contributed by atoms with Crippen LogP contribution in [-0.2, 0) is 0 Å². The molecule has 0 aromatic carbocycles. The van der Waals surface area contributed by atoms with Crippen LogP contribution in [0.15, 0.2) is 54.4 Å². The molecule has 142 valence electrons. The van der Waals surface area contributed by atoms with Crippen LogP contribution in [-0.4, -0.2) is 35.9 Å². The molecule has 0 bridgehead atoms. The molecule has 0 atom stereocenters. The first kappa shape index (κ1) is 18.5. The lowest BCUT2D eigenvalue weighted by molar-refractivity contribution is 0.101. The average molecular weight is 401 g/mol. The first-order valence-corrected chi connectivity index (χ1v) is 9.66. The number of pyridine rings is 2. The third-order valence-electron chi connectivity index (χ3n) is 3.83. The normalized spacial score (nSPS) is 10.2. The molecule has 0 saturated carbocycles. The Bertz CT molecular complexity index is 1190. The highest BCUT2D eigenvalue weighted by atomic mass is 32.1. The maximum Gasteiger partial charge on any atom is 0.277 e. The molecule has 9 heteroatoms. The number of carbonyl (C=O) groups is 1. The Kier molecular flexibility index (Phi) is 5.36. The summed E-state index contributed by atoms with van der Waals surface area (Å²) in [5.74, 6) is 5.68. The van der Waals surface area contributed by atoms with Crippen LogP contribution in [0.3, 0.4) is 0 Å². The van der Waals surface area contributed by atoms with Gasteiger partial charge in [-0.1, -0.05) is 24.0 Å². The van der Waals surface area contributed by atoms with Crippen molar-refractivity contribution in [2.45, 2.75) is 13.3 Å². The SMILES string of the molecule is CCC#Cc1ccc(-c2csc(NC(=O)c3cnnn3-c3cccnc3)n2)nc1. The van der Waals surface area contributed by atoms with E-state index < -0.39 is 0 Å². The lowest BCUT2D eigenvalue weighted by Gasteiger charge is -2.04. The van der Waals surface area contributed by atoms with Crippen LogP contribution in [0.4, 0.5) is 5.13 Å². The molecular formula is C20H15N7OS. The van der Waals surface area contributed by atoms with Crippen LogP contribution < -0.4 is 5.32 Å². The lowest BCUT2D eigenvalue weighted by atomic mass is 10.2. The van der Waals surface area contributed by atoms with Gasteiger partial charge >= 0.3 is 0 Å². The molecule has 4 rings (SSSR count). The molecule has 0 unspecified atom stereocenters. The van der Waals surface area contributed by atoms with E-state index in [0.717, 1.165) is 12.0 Å². The number of carbonyl (C=O) groups excluding carboxylic acids is 1. The molecule has 0 radical (unpaired) electrons. The minimum atomic E-state index is -0.363. The second-order valence-corrected chi connectivity index (χ2v) is 6.68. The number of aromatic nitrogens is 6. The molecule has 1 N–H and O–H groups in total. The molecule has 0 aliphatic rings. The summed E-state index contributed by atoms with van der Waals surface area (Å²) in [4.78, 5) is 25.5. The summed E-state index contributed by atoms with van der Waals surface area (Å²) in [7, 11) is 0. The first-order valence-electron chi connectivity index (χ1n) is 8.78. The molecule has 0 spiro atoms. The van der Waals surface area contributed by atoms with Crippen molar-refractivity contribution in [1.82, 2.24) is 29.9 Å². The number of hydrogen-bond acceptors (Lipinski definition) is 7. The molecule has 0 aliphatic carbocycles. The van der Waals surface area contributed by atoms with Gasteiger partial charge in [0.2, 0.25) is 0 Å². The van der Waals surface area contributed by atoms with Crippen LogP contribution in [0, 0.1) is 11.8 Å². The molecular weight excluding hydrogens is 386 g/mol. The standard InChI is InChI=1S/C20H15N7OS/c1-2-3-5-14-7-8-16(22-10-14)17-13-29-20(24-17)25-19(28)18-12-23-26-27(18)15-6-4-9-21-11-15/h4,6-13H,2H2,1H3,(H,24,25,28). The molecule has 1 amide bonds. The fourth-order valence-corrected chi connectivity index (χ4v) is 3.18. The lowest BCUT2D eigenvalue weighted by Crippen LogP contribution is -2.17. The van der Waals surface area contributed by atoms with Crippen molar-refractivity contribution in [1.29, 1.82) is 0 Å². The van der Waals surface area contributed by atoms with E-state index in [-0.39, 0.29) is 11.6 Å². The molecule has 4 aromatic heterocycles. The Morgan fingerprint density at radius 3 is 2.90 bits per heavy atom. The summed E-state index contributed by atoms with van der Waals surface area (Å²) >= 11 is 1.32. The summed E-state index contributed by atoms with van der Waals surface area (Å²) in [5, 5.41) is 12.9. The zero-order valence-corrected chi connectivity index (χ0v) is 16.2. The summed E-state index contributed by atoms with van der Waals surface area (Å²) in [6.45, 7) is 2.00. The van der Waals surface area contributed by atoms with E-state index >= 15 is 0 Å². The smallest absolute Gasteiger partial charge is 0.277 e. The van der Waals surface area contributed by atoms with Gasteiger partial charge in [-0.25, -0.2) is 9.67 Å². The molecule has 4 aromatic rings. The molecule has 0 aliphatic heterocycles. The first-order chi connectivity index (χ1) is 14.2. The fourth-order valence-electron chi connectivity index (χ4n) is 2.48. The van der Waals surface area contributed by atoms with Gasteiger partial charge < -0.3 is 0 Å². The van der Waals surface area contributed by atoms with Gasteiger partial charge in [-0.05, 0) is 24.3 Å². The van der Waals surface area contributed by atoms with Gasteiger partial charge in [0.15, 0.2) is 10.8 Å². The molecule has 29 heavy (non-hydrogen) atoms. The predicted octanol–water partition coefficient (Wildman–Crippen LogP) is 3.19. The maximum atomic E-state index is 12.7. The summed E-state index contributed by atoms with van der Waals surface area (Å²) < 4.78 is 1.43. The van der Waals surface area contributed by atoms with Gasteiger partial charge in [0, 0.05) is 29.8 Å². The molecule has 4 heterocycles. The van der Waals surface area contributed by atoms with Gasteiger partial charge in [0.1, 0.15) is 5.69 Å². The van der Waals surface area contributed by atoms with Crippen molar-refractivity contribution in [3.63, 3.8) is 0 Å². The number of hydrogen-bond donors (Lipinski definition) is 1. The second kappa shape index (κ2) is 8.41. The quantitative estimate of drug-likeness (QED) is 0.527. The Labute approximate surface area is 170 Å². The van der Waals surface area contributed by atoms with Crippen LogP contribution in [0.5, 0.6) is 0 Å². The monoisotopic (exact) mass is 401 g/mol. The minimum Gasteiger partial charge on any atom is -0.296 e. The van der Waals surface area contributed by atoms with Crippen LogP contribution in [0.25, 0.3) is 17.1 Å². The Morgan fingerprint density at radius 2 is 2.14 bits per heavy atom. The van der Waals surface area contributed by atoms with Crippen molar-refractivity contribution in [2.75, 3.05) is 5.32 Å². The van der Waals surface area contributed by atoms with Crippen molar-refractivity contribution < 1.29 is 4.79 Å². The minimum absolute atomic E-state index is 0.284. The van der Waals surface area contributed by atoms with Gasteiger partial charge in [-0.3, -0.25) is 20.1 Å². The average Bonchev–Trinajstić information content (AvgIpc) is 3.43. The fraction of sp³-hybridized carbons (Fsp3) is 0.100. The Hall–Kier alpha value is -3.90.